The van der Waals surface area contributed by atoms with Crippen LogP contribution < -0.4 is 5.73 Å². The highest BCUT2D eigenvalue weighted by atomic mass is 16.2. The maximum Gasteiger partial charge on any atom is 0.236 e. The predicted octanol–water partition coefficient (Wildman–Crippen LogP) is -0.891. The largest absolute Gasteiger partial charge is 0.345 e. The van der Waals surface area contributed by atoms with Gasteiger partial charge in [-0.2, -0.15) is 0 Å². The molecule has 4 heteroatoms. The van der Waals surface area contributed by atoms with Crippen molar-refractivity contribution in [2.75, 3.05) is 39.8 Å². The molecule has 0 radical (unpaired) electrons. The Morgan fingerprint density at radius 3 is 2.92 bits per heavy atom. The Hall–Kier alpha value is -0.610. The van der Waals surface area contributed by atoms with Gasteiger partial charge < -0.3 is 10.6 Å². The fraction of sp³-hybridized carbons (Fsp3) is 0.875. The number of hydrogen-bond acceptors (Lipinski definition) is 3. The van der Waals surface area contributed by atoms with Crippen LogP contribution in [0.2, 0.25) is 0 Å². The van der Waals surface area contributed by atoms with E-state index in [-0.39, 0.29) is 5.91 Å². The first-order chi connectivity index (χ1) is 5.74. The van der Waals surface area contributed by atoms with Gasteiger partial charge in [-0.25, -0.2) is 0 Å². The van der Waals surface area contributed by atoms with E-state index in [4.69, 9.17) is 5.73 Å². The maximum atomic E-state index is 11.3. The van der Waals surface area contributed by atoms with Crippen LogP contribution in [-0.4, -0.2) is 55.5 Å². The molecule has 1 fully saturated rings. The second-order valence-corrected chi connectivity index (χ2v) is 3.23. The van der Waals surface area contributed by atoms with Crippen molar-refractivity contribution in [3.8, 4) is 0 Å². The van der Waals surface area contributed by atoms with E-state index in [9.17, 15) is 4.79 Å². The number of hydrogen-bond donors (Lipinski definition) is 1. The summed E-state index contributed by atoms with van der Waals surface area (Å²) in [5, 5.41) is 0. The van der Waals surface area contributed by atoms with Crippen LogP contribution in [-0.2, 0) is 4.79 Å². The lowest BCUT2D eigenvalue weighted by Crippen LogP contribution is -2.36. The molecule has 0 atom stereocenters. The Kier molecular flexibility index (Phi) is 3.49. The van der Waals surface area contributed by atoms with Crippen LogP contribution in [0.15, 0.2) is 0 Å². The van der Waals surface area contributed by atoms with Crippen molar-refractivity contribution >= 4 is 5.91 Å². The minimum atomic E-state index is 0.209. The van der Waals surface area contributed by atoms with E-state index in [0.717, 1.165) is 26.1 Å². The van der Waals surface area contributed by atoms with Crippen molar-refractivity contribution < 1.29 is 4.79 Å². The number of carbonyl (C=O) groups excluding carboxylic acids is 1. The van der Waals surface area contributed by atoms with E-state index in [0.29, 0.717) is 13.1 Å². The molecule has 70 valence electrons. The fourth-order valence-corrected chi connectivity index (χ4v) is 1.42. The number of nitrogens with two attached hydrogens (primary N) is 1. The molecule has 0 saturated carbocycles. The molecule has 0 spiro atoms. The zero-order valence-electron chi connectivity index (χ0n) is 7.62. The summed E-state index contributed by atoms with van der Waals surface area (Å²) >= 11 is 0. The van der Waals surface area contributed by atoms with E-state index in [1.807, 2.05) is 7.05 Å². The Morgan fingerprint density at radius 2 is 2.25 bits per heavy atom. The second kappa shape index (κ2) is 4.42. The Bertz CT molecular complexity index is 160. The molecule has 4 nitrogen and oxygen atoms in total. The minimum absolute atomic E-state index is 0.209. The van der Waals surface area contributed by atoms with Crippen molar-refractivity contribution in [2.24, 2.45) is 5.73 Å². The van der Waals surface area contributed by atoms with Crippen LogP contribution >= 0.6 is 0 Å². The summed E-state index contributed by atoms with van der Waals surface area (Å²) in [5.41, 5.74) is 5.42. The SMILES string of the molecule is CN1CCCN(CCN)CC1=O. The van der Waals surface area contributed by atoms with E-state index >= 15 is 0 Å². The lowest BCUT2D eigenvalue weighted by atomic mass is 10.4. The summed E-state index contributed by atoms with van der Waals surface area (Å²) in [6.07, 6.45) is 1.06. The average molecular weight is 171 g/mol. The summed E-state index contributed by atoms with van der Waals surface area (Å²) in [7, 11) is 1.86. The van der Waals surface area contributed by atoms with Gasteiger partial charge >= 0.3 is 0 Å². The smallest absolute Gasteiger partial charge is 0.236 e. The lowest BCUT2D eigenvalue weighted by molar-refractivity contribution is -0.129. The zero-order valence-corrected chi connectivity index (χ0v) is 7.62. The molecule has 1 rings (SSSR count). The highest BCUT2D eigenvalue weighted by Gasteiger charge is 2.17. The van der Waals surface area contributed by atoms with Crippen molar-refractivity contribution in [1.29, 1.82) is 0 Å². The topological polar surface area (TPSA) is 49.6 Å². The molecular formula is C8H17N3O. The monoisotopic (exact) mass is 171 g/mol. The van der Waals surface area contributed by atoms with Crippen molar-refractivity contribution in [1.82, 2.24) is 9.80 Å². The van der Waals surface area contributed by atoms with Gasteiger partial charge in [-0.15, -0.1) is 0 Å². The number of rotatable bonds is 2. The van der Waals surface area contributed by atoms with Crippen LogP contribution in [0.3, 0.4) is 0 Å². The summed E-state index contributed by atoms with van der Waals surface area (Å²) < 4.78 is 0. The molecular weight excluding hydrogens is 154 g/mol. The first-order valence-electron chi connectivity index (χ1n) is 4.40. The standard InChI is InChI=1S/C8H17N3O/c1-10-4-2-5-11(6-3-9)7-8(10)12/h2-7,9H2,1H3. The predicted molar refractivity (Wildman–Crippen MR) is 47.7 cm³/mol. The first-order valence-corrected chi connectivity index (χ1v) is 4.40. The Labute approximate surface area is 73.3 Å². The summed E-state index contributed by atoms with van der Waals surface area (Å²) in [6.45, 7) is 3.87. The molecule has 1 aliphatic heterocycles. The maximum absolute atomic E-state index is 11.3. The third kappa shape index (κ3) is 2.46. The average Bonchev–Trinajstić information content (AvgIpc) is 2.16. The number of amides is 1. The summed E-state index contributed by atoms with van der Waals surface area (Å²) in [5.74, 6) is 0.209. The Balaban J connectivity index is 2.42. The molecule has 0 bridgehead atoms. The van der Waals surface area contributed by atoms with E-state index in [1.54, 1.807) is 4.90 Å². The van der Waals surface area contributed by atoms with Gasteiger partial charge in [0, 0.05) is 33.2 Å². The van der Waals surface area contributed by atoms with E-state index in [1.165, 1.54) is 0 Å². The van der Waals surface area contributed by atoms with Gasteiger partial charge in [0.2, 0.25) is 5.91 Å². The first kappa shape index (κ1) is 9.48. The molecule has 1 saturated heterocycles. The number of carbonyl (C=O) groups is 1. The molecule has 1 aliphatic rings. The van der Waals surface area contributed by atoms with Gasteiger partial charge in [-0.05, 0) is 6.42 Å². The fourth-order valence-electron chi connectivity index (χ4n) is 1.42. The summed E-state index contributed by atoms with van der Waals surface area (Å²) in [6, 6.07) is 0. The van der Waals surface area contributed by atoms with Gasteiger partial charge in [0.1, 0.15) is 0 Å². The molecule has 0 aliphatic carbocycles. The zero-order chi connectivity index (χ0) is 8.97. The van der Waals surface area contributed by atoms with Crippen LogP contribution in [0.4, 0.5) is 0 Å². The van der Waals surface area contributed by atoms with Crippen molar-refractivity contribution in [2.45, 2.75) is 6.42 Å². The quantitative estimate of drug-likeness (QED) is 0.586. The lowest BCUT2D eigenvalue weighted by Gasteiger charge is -2.17. The summed E-state index contributed by atoms with van der Waals surface area (Å²) in [4.78, 5) is 15.2. The Morgan fingerprint density at radius 1 is 1.50 bits per heavy atom. The van der Waals surface area contributed by atoms with Gasteiger partial charge in [0.15, 0.2) is 0 Å². The van der Waals surface area contributed by atoms with Crippen molar-refractivity contribution in [3.63, 3.8) is 0 Å². The third-order valence-corrected chi connectivity index (χ3v) is 2.20. The van der Waals surface area contributed by atoms with Crippen LogP contribution in [0.5, 0.6) is 0 Å². The number of likely N-dealkylation sites (N-methyl/N-ethyl adjacent to an activating group) is 1. The molecule has 1 heterocycles. The molecule has 0 aromatic rings. The molecule has 12 heavy (non-hydrogen) atoms. The van der Waals surface area contributed by atoms with E-state index in [2.05, 4.69) is 4.90 Å². The highest BCUT2D eigenvalue weighted by Crippen LogP contribution is 2.00. The van der Waals surface area contributed by atoms with E-state index < -0.39 is 0 Å². The third-order valence-electron chi connectivity index (χ3n) is 2.20. The molecule has 0 aromatic carbocycles. The number of nitrogens with zero attached hydrogens (tertiary/aromatic N) is 2. The highest BCUT2D eigenvalue weighted by molar-refractivity contribution is 5.78. The van der Waals surface area contributed by atoms with Crippen LogP contribution in [0.25, 0.3) is 0 Å². The second-order valence-electron chi connectivity index (χ2n) is 3.23. The van der Waals surface area contributed by atoms with Gasteiger partial charge in [0.25, 0.3) is 0 Å². The van der Waals surface area contributed by atoms with Gasteiger partial charge in [-0.1, -0.05) is 0 Å². The van der Waals surface area contributed by atoms with Crippen molar-refractivity contribution in [3.05, 3.63) is 0 Å². The normalized spacial score (nSPS) is 21.2. The molecule has 0 unspecified atom stereocenters. The minimum Gasteiger partial charge on any atom is -0.345 e. The molecule has 2 N–H and O–H groups in total. The van der Waals surface area contributed by atoms with Gasteiger partial charge in [-0.3, -0.25) is 9.69 Å². The van der Waals surface area contributed by atoms with Crippen LogP contribution in [0, 0.1) is 0 Å². The van der Waals surface area contributed by atoms with Gasteiger partial charge in [0.05, 0.1) is 6.54 Å². The molecule has 1 amide bonds. The molecule has 0 aromatic heterocycles. The van der Waals surface area contributed by atoms with Crippen LogP contribution in [0.1, 0.15) is 6.42 Å².